The first-order valence-corrected chi connectivity index (χ1v) is 9.21. The van der Waals surface area contributed by atoms with Crippen molar-refractivity contribution in [3.63, 3.8) is 0 Å². The number of esters is 1. The molecular weight excluding hydrogens is 491 g/mol. The molecular formula is C19H29IN4O5. The van der Waals surface area contributed by atoms with E-state index in [1.54, 1.807) is 30.0 Å². The lowest BCUT2D eigenvalue weighted by atomic mass is 10.1. The number of ether oxygens (including phenoxy) is 3. The average molecular weight is 520 g/mol. The van der Waals surface area contributed by atoms with Crippen LogP contribution in [0, 0.1) is 0 Å². The number of nitrogens with two attached hydrogens (primary N) is 1. The van der Waals surface area contributed by atoms with Gasteiger partial charge in [-0.15, -0.1) is 24.0 Å². The molecule has 1 heterocycles. The molecule has 0 saturated carbocycles. The van der Waals surface area contributed by atoms with Gasteiger partial charge in [0.2, 0.25) is 0 Å². The van der Waals surface area contributed by atoms with Crippen LogP contribution >= 0.6 is 24.0 Å². The lowest BCUT2D eigenvalue weighted by Gasteiger charge is -2.31. The van der Waals surface area contributed by atoms with E-state index in [0.29, 0.717) is 43.5 Å². The zero-order valence-electron chi connectivity index (χ0n) is 17.0. The first-order chi connectivity index (χ1) is 13.5. The van der Waals surface area contributed by atoms with E-state index in [9.17, 15) is 9.59 Å². The smallest absolute Gasteiger partial charge is 0.409 e. The topological polar surface area (TPSA) is 115 Å². The maximum Gasteiger partial charge on any atom is 0.409 e. The van der Waals surface area contributed by atoms with Crippen molar-refractivity contribution in [2.45, 2.75) is 32.4 Å². The summed E-state index contributed by atoms with van der Waals surface area (Å²) in [4.78, 5) is 29.5. The Kier molecular flexibility index (Phi) is 10.6. The molecule has 1 aromatic carbocycles. The monoisotopic (exact) mass is 520 g/mol. The summed E-state index contributed by atoms with van der Waals surface area (Å²) in [7, 11) is 2.82. The number of hydrogen-bond donors (Lipinski definition) is 2. The first kappa shape index (κ1) is 24.8. The molecule has 0 bridgehead atoms. The van der Waals surface area contributed by atoms with Crippen LogP contribution in [0.5, 0.6) is 5.75 Å². The number of guanidine groups is 1. The molecule has 0 aromatic heterocycles. The molecule has 1 aromatic rings. The maximum atomic E-state index is 11.7. The van der Waals surface area contributed by atoms with E-state index in [2.05, 4.69) is 10.3 Å². The van der Waals surface area contributed by atoms with E-state index in [-0.39, 0.29) is 36.1 Å². The Hall–Kier alpha value is -2.24. The molecule has 3 N–H and O–H groups in total. The first-order valence-electron chi connectivity index (χ1n) is 9.21. The van der Waals surface area contributed by atoms with Crippen LogP contribution in [0.2, 0.25) is 0 Å². The number of nitrogens with one attached hydrogen (secondary N) is 1. The molecule has 0 atom stereocenters. The summed E-state index contributed by atoms with van der Waals surface area (Å²) in [5.74, 6) is 0.310. The quantitative estimate of drug-likeness (QED) is 0.256. The van der Waals surface area contributed by atoms with Gasteiger partial charge < -0.3 is 30.2 Å². The summed E-state index contributed by atoms with van der Waals surface area (Å²) in [5, 5.41) is 3.19. The summed E-state index contributed by atoms with van der Waals surface area (Å²) in [6.07, 6.45) is 1.28. The lowest BCUT2D eigenvalue weighted by Crippen LogP contribution is -2.48. The van der Waals surface area contributed by atoms with Crippen LogP contribution in [-0.4, -0.2) is 62.9 Å². The van der Waals surface area contributed by atoms with E-state index >= 15 is 0 Å². The van der Waals surface area contributed by atoms with Gasteiger partial charge in [-0.25, -0.2) is 14.6 Å². The Morgan fingerprint density at radius 1 is 1.28 bits per heavy atom. The van der Waals surface area contributed by atoms with E-state index in [1.165, 1.54) is 14.2 Å². The predicted molar refractivity (Wildman–Crippen MR) is 120 cm³/mol. The van der Waals surface area contributed by atoms with E-state index < -0.39 is 5.97 Å². The predicted octanol–water partition coefficient (Wildman–Crippen LogP) is 2.13. The summed E-state index contributed by atoms with van der Waals surface area (Å²) in [6.45, 7) is 3.76. The number of benzene rings is 1. The van der Waals surface area contributed by atoms with E-state index in [0.717, 1.165) is 18.4 Å². The zero-order valence-corrected chi connectivity index (χ0v) is 19.3. The lowest BCUT2D eigenvalue weighted by molar-refractivity contribution is 0.0597. The van der Waals surface area contributed by atoms with Crippen molar-refractivity contribution in [2.75, 3.05) is 33.9 Å². The van der Waals surface area contributed by atoms with Crippen molar-refractivity contribution < 1.29 is 23.8 Å². The van der Waals surface area contributed by atoms with E-state index in [1.807, 2.05) is 0 Å². The maximum absolute atomic E-state index is 11.7. The SMILES string of the molecule is CCOC(=O)N1CCC(NC(N)=NCc2ccc(C(=O)OC)c(OC)c2)CC1.I. The van der Waals surface area contributed by atoms with Crippen LogP contribution in [0.1, 0.15) is 35.7 Å². The number of aliphatic imine (C=N–C) groups is 1. The second-order valence-electron chi connectivity index (χ2n) is 6.33. The van der Waals surface area contributed by atoms with Crippen LogP contribution in [-0.2, 0) is 16.0 Å². The van der Waals surface area contributed by atoms with Gasteiger partial charge in [-0.1, -0.05) is 6.07 Å². The van der Waals surface area contributed by atoms with Crippen LogP contribution < -0.4 is 15.8 Å². The minimum Gasteiger partial charge on any atom is -0.496 e. The molecule has 1 amide bonds. The fourth-order valence-corrected chi connectivity index (χ4v) is 2.96. The third-order valence-corrected chi connectivity index (χ3v) is 4.48. The van der Waals surface area contributed by atoms with Gasteiger partial charge in [-0.2, -0.15) is 0 Å². The molecule has 1 saturated heterocycles. The fourth-order valence-electron chi connectivity index (χ4n) is 2.96. The molecule has 0 aliphatic carbocycles. The molecule has 1 aliphatic rings. The second-order valence-corrected chi connectivity index (χ2v) is 6.33. The standard InChI is InChI=1S/C19H28N4O5.HI/c1-4-28-19(25)23-9-7-14(8-10-23)22-18(20)21-12-13-5-6-15(17(24)27-3)16(11-13)26-2;/h5-6,11,14H,4,7-10,12H2,1-3H3,(H3,20,21,22);1H. The van der Waals surface area contributed by atoms with Crippen molar-refractivity contribution in [3.8, 4) is 5.75 Å². The van der Waals surface area contributed by atoms with Gasteiger partial charge in [0.1, 0.15) is 11.3 Å². The number of piperidine rings is 1. The van der Waals surface area contributed by atoms with Gasteiger partial charge in [-0.3, -0.25) is 0 Å². The number of nitrogens with zero attached hydrogens (tertiary/aromatic N) is 2. The average Bonchev–Trinajstić information content (AvgIpc) is 2.72. The molecule has 0 unspecified atom stereocenters. The van der Waals surface area contributed by atoms with Gasteiger partial charge in [0, 0.05) is 19.1 Å². The molecule has 162 valence electrons. The van der Waals surface area contributed by atoms with Gasteiger partial charge in [0.25, 0.3) is 0 Å². The molecule has 0 spiro atoms. The summed E-state index contributed by atoms with van der Waals surface area (Å²) in [5.41, 5.74) is 7.20. The Labute approximate surface area is 188 Å². The third-order valence-electron chi connectivity index (χ3n) is 4.48. The largest absolute Gasteiger partial charge is 0.496 e. The van der Waals surface area contributed by atoms with Crippen LogP contribution in [0.25, 0.3) is 0 Å². The number of carbonyl (C=O) groups is 2. The van der Waals surface area contributed by atoms with E-state index in [4.69, 9.17) is 19.9 Å². The van der Waals surface area contributed by atoms with Gasteiger partial charge >= 0.3 is 12.1 Å². The van der Waals surface area contributed by atoms with Gasteiger partial charge in [0.05, 0.1) is 27.4 Å². The molecule has 1 aliphatic heterocycles. The number of hydrogen-bond acceptors (Lipinski definition) is 6. The number of likely N-dealkylation sites (tertiary alicyclic amines) is 1. The van der Waals surface area contributed by atoms with Crippen molar-refractivity contribution in [2.24, 2.45) is 10.7 Å². The minimum atomic E-state index is -0.456. The Bertz CT molecular complexity index is 721. The number of carbonyl (C=O) groups excluding carboxylic acids is 2. The fraction of sp³-hybridized carbons (Fsp3) is 0.526. The molecule has 9 nitrogen and oxygen atoms in total. The normalized spacial score (nSPS) is 14.6. The third kappa shape index (κ3) is 7.26. The number of rotatable bonds is 6. The Balaban J connectivity index is 0.00000420. The van der Waals surface area contributed by atoms with Crippen molar-refractivity contribution in [3.05, 3.63) is 29.3 Å². The second kappa shape index (κ2) is 12.3. The summed E-state index contributed by atoms with van der Waals surface area (Å²) in [6, 6.07) is 5.32. The van der Waals surface area contributed by atoms with Crippen molar-refractivity contribution in [1.82, 2.24) is 10.2 Å². The van der Waals surface area contributed by atoms with Crippen molar-refractivity contribution in [1.29, 1.82) is 0 Å². The van der Waals surface area contributed by atoms with Gasteiger partial charge in [0.15, 0.2) is 5.96 Å². The Morgan fingerprint density at radius 3 is 2.55 bits per heavy atom. The number of halogens is 1. The summed E-state index contributed by atoms with van der Waals surface area (Å²) < 4.78 is 15.0. The van der Waals surface area contributed by atoms with Crippen LogP contribution in [0.4, 0.5) is 4.79 Å². The van der Waals surface area contributed by atoms with Crippen molar-refractivity contribution >= 4 is 42.0 Å². The highest BCUT2D eigenvalue weighted by Gasteiger charge is 2.23. The molecule has 10 heteroatoms. The summed E-state index contributed by atoms with van der Waals surface area (Å²) >= 11 is 0. The molecule has 2 rings (SSSR count). The van der Waals surface area contributed by atoms with Crippen LogP contribution in [0.3, 0.4) is 0 Å². The van der Waals surface area contributed by atoms with Gasteiger partial charge in [-0.05, 0) is 37.5 Å². The Morgan fingerprint density at radius 2 is 1.97 bits per heavy atom. The highest BCUT2D eigenvalue weighted by molar-refractivity contribution is 14.0. The number of methoxy groups -OCH3 is 2. The molecule has 1 fully saturated rings. The highest BCUT2D eigenvalue weighted by atomic mass is 127. The van der Waals surface area contributed by atoms with Crippen LogP contribution in [0.15, 0.2) is 23.2 Å². The highest BCUT2D eigenvalue weighted by Crippen LogP contribution is 2.21. The molecule has 0 radical (unpaired) electrons. The zero-order chi connectivity index (χ0) is 20.5. The minimum absolute atomic E-state index is 0. The number of amides is 1. The molecule has 29 heavy (non-hydrogen) atoms.